The molecule has 1 atom stereocenters. The van der Waals surface area contributed by atoms with E-state index in [-0.39, 0.29) is 26.1 Å². The van der Waals surface area contributed by atoms with Gasteiger partial charge in [-0.2, -0.15) is 0 Å². The Kier molecular flexibility index (Phi) is 4.24. The molecule has 2 N–H and O–H groups in total. The maximum absolute atomic E-state index is 11.9. The highest BCUT2D eigenvalue weighted by Gasteiger charge is 2.46. The molecule has 1 aliphatic rings. The van der Waals surface area contributed by atoms with E-state index in [9.17, 15) is 14.7 Å². The number of carbonyl (C=O) groups excluding carboxylic acids is 1. The maximum atomic E-state index is 11.9. The van der Waals surface area contributed by atoms with Gasteiger partial charge in [0.2, 0.25) is 0 Å². The molecule has 1 aliphatic heterocycles. The number of aliphatic hydroxyl groups excluding tert-OH is 1. The number of likely N-dealkylation sites (tertiary alicyclic amines) is 1. The Bertz CT molecular complexity index is 490. The molecule has 1 heterocycles. The molecule has 1 aromatic carbocycles. The highest BCUT2D eigenvalue weighted by molar-refractivity contribution is 5.78. The van der Waals surface area contributed by atoms with Crippen molar-refractivity contribution >= 4 is 12.1 Å². The number of ether oxygens (including phenoxy) is 1. The summed E-state index contributed by atoms with van der Waals surface area (Å²) in [4.78, 5) is 24.4. The predicted molar refractivity (Wildman–Crippen MR) is 70.0 cm³/mol. The van der Waals surface area contributed by atoms with E-state index < -0.39 is 24.1 Å². The third kappa shape index (κ3) is 2.91. The molecule has 6 nitrogen and oxygen atoms in total. The summed E-state index contributed by atoms with van der Waals surface area (Å²) in [5.74, 6) is -1.08. The lowest BCUT2D eigenvalue weighted by molar-refractivity contribution is -0.150. The van der Waals surface area contributed by atoms with Gasteiger partial charge in [0.05, 0.1) is 6.61 Å². The number of carbonyl (C=O) groups is 2. The summed E-state index contributed by atoms with van der Waals surface area (Å²) in [6.45, 7) is -0.0763. The van der Waals surface area contributed by atoms with E-state index in [4.69, 9.17) is 9.84 Å². The number of nitrogens with zero attached hydrogens (tertiary/aromatic N) is 1. The van der Waals surface area contributed by atoms with Crippen molar-refractivity contribution in [3.63, 3.8) is 0 Å². The van der Waals surface area contributed by atoms with Crippen molar-refractivity contribution in [2.75, 3.05) is 19.7 Å². The minimum absolute atomic E-state index is 0.0214. The van der Waals surface area contributed by atoms with Gasteiger partial charge in [0.15, 0.2) is 0 Å². The minimum Gasteiger partial charge on any atom is -0.481 e. The number of aliphatic hydroxyl groups is 1. The average Bonchev–Trinajstić information content (AvgIpc) is 2.92. The Labute approximate surface area is 116 Å². The van der Waals surface area contributed by atoms with Crippen molar-refractivity contribution in [1.82, 2.24) is 4.90 Å². The number of rotatable bonds is 4. The topological polar surface area (TPSA) is 87.1 Å². The number of hydrogen-bond acceptors (Lipinski definition) is 4. The molecule has 20 heavy (non-hydrogen) atoms. The van der Waals surface area contributed by atoms with Crippen LogP contribution in [0.4, 0.5) is 4.79 Å². The quantitative estimate of drug-likeness (QED) is 0.861. The van der Waals surface area contributed by atoms with Gasteiger partial charge in [-0.3, -0.25) is 4.79 Å². The monoisotopic (exact) mass is 279 g/mol. The first-order chi connectivity index (χ1) is 9.57. The van der Waals surface area contributed by atoms with Gasteiger partial charge in [0.1, 0.15) is 12.0 Å². The molecule has 1 fully saturated rings. The fourth-order valence-corrected chi connectivity index (χ4v) is 2.21. The van der Waals surface area contributed by atoms with Crippen LogP contribution in [0.3, 0.4) is 0 Å². The Balaban J connectivity index is 1.90. The van der Waals surface area contributed by atoms with Crippen LogP contribution >= 0.6 is 0 Å². The number of benzene rings is 1. The highest BCUT2D eigenvalue weighted by atomic mass is 16.6. The van der Waals surface area contributed by atoms with E-state index in [0.29, 0.717) is 0 Å². The van der Waals surface area contributed by atoms with E-state index in [1.165, 1.54) is 4.90 Å². The molecular formula is C14H17NO5. The smallest absolute Gasteiger partial charge is 0.410 e. The summed E-state index contributed by atoms with van der Waals surface area (Å²) in [7, 11) is 0. The second-order valence-electron chi connectivity index (χ2n) is 4.96. The normalized spacial score (nSPS) is 21.8. The summed E-state index contributed by atoms with van der Waals surface area (Å²) in [5.41, 5.74) is -0.391. The van der Waals surface area contributed by atoms with Crippen LogP contribution in [0, 0.1) is 5.41 Å². The van der Waals surface area contributed by atoms with Crippen molar-refractivity contribution < 1.29 is 24.5 Å². The Morgan fingerprint density at radius 3 is 2.55 bits per heavy atom. The maximum Gasteiger partial charge on any atom is 0.410 e. The van der Waals surface area contributed by atoms with Crippen LogP contribution in [0.2, 0.25) is 0 Å². The summed E-state index contributed by atoms with van der Waals surface area (Å²) >= 11 is 0. The highest BCUT2D eigenvalue weighted by Crippen LogP contribution is 2.30. The molecule has 0 bridgehead atoms. The van der Waals surface area contributed by atoms with Crippen molar-refractivity contribution in [2.45, 2.75) is 13.0 Å². The zero-order valence-corrected chi connectivity index (χ0v) is 11.0. The van der Waals surface area contributed by atoms with Crippen molar-refractivity contribution in [2.24, 2.45) is 5.41 Å². The molecule has 1 amide bonds. The van der Waals surface area contributed by atoms with Crippen LogP contribution in [0.25, 0.3) is 0 Å². The van der Waals surface area contributed by atoms with Gasteiger partial charge in [0.25, 0.3) is 0 Å². The van der Waals surface area contributed by atoms with Gasteiger partial charge in [-0.05, 0) is 12.0 Å². The van der Waals surface area contributed by atoms with Gasteiger partial charge in [-0.1, -0.05) is 30.3 Å². The van der Waals surface area contributed by atoms with Gasteiger partial charge < -0.3 is 19.8 Å². The number of amides is 1. The molecule has 2 rings (SSSR count). The van der Waals surface area contributed by atoms with Crippen LogP contribution in [-0.4, -0.2) is 46.9 Å². The second-order valence-corrected chi connectivity index (χ2v) is 4.96. The van der Waals surface area contributed by atoms with E-state index in [1.54, 1.807) is 0 Å². The molecule has 1 saturated heterocycles. The average molecular weight is 279 g/mol. The Morgan fingerprint density at radius 1 is 1.30 bits per heavy atom. The Morgan fingerprint density at radius 2 is 2.00 bits per heavy atom. The van der Waals surface area contributed by atoms with E-state index >= 15 is 0 Å². The van der Waals surface area contributed by atoms with Crippen molar-refractivity contribution in [3.05, 3.63) is 35.9 Å². The molecule has 6 heteroatoms. The third-order valence-electron chi connectivity index (χ3n) is 3.57. The first kappa shape index (κ1) is 14.3. The van der Waals surface area contributed by atoms with Gasteiger partial charge in [-0.25, -0.2) is 4.79 Å². The zero-order valence-electron chi connectivity index (χ0n) is 11.0. The molecule has 0 spiro atoms. The lowest BCUT2D eigenvalue weighted by Gasteiger charge is -2.21. The molecule has 1 aromatic rings. The van der Waals surface area contributed by atoms with Crippen molar-refractivity contribution in [1.29, 1.82) is 0 Å². The third-order valence-corrected chi connectivity index (χ3v) is 3.57. The molecule has 108 valence electrons. The summed E-state index contributed by atoms with van der Waals surface area (Å²) in [6.07, 6.45) is -0.315. The molecule has 0 aromatic heterocycles. The molecular weight excluding hydrogens is 262 g/mol. The number of hydrogen-bond donors (Lipinski definition) is 2. The number of carboxylic acid groups (broad SMARTS) is 1. The second kappa shape index (κ2) is 5.92. The van der Waals surface area contributed by atoms with Crippen LogP contribution in [-0.2, 0) is 16.1 Å². The summed E-state index contributed by atoms with van der Waals surface area (Å²) < 4.78 is 5.14. The first-order valence-corrected chi connectivity index (χ1v) is 6.37. The van der Waals surface area contributed by atoms with Crippen LogP contribution in [0.1, 0.15) is 12.0 Å². The van der Waals surface area contributed by atoms with E-state index in [2.05, 4.69) is 0 Å². The molecule has 0 aliphatic carbocycles. The standard InChI is InChI=1S/C14H17NO5/c16-10-14(12(17)18)6-7-15(9-14)13(19)20-8-11-4-2-1-3-5-11/h1-5,16H,6-10H2,(H,17,18). The van der Waals surface area contributed by atoms with Gasteiger partial charge in [-0.15, -0.1) is 0 Å². The largest absolute Gasteiger partial charge is 0.481 e. The van der Waals surface area contributed by atoms with E-state index in [0.717, 1.165) is 5.56 Å². The zero-order chi connectivity index (χ0) is 14.6. The number of aliphatic carboxylic acids is 1. The first-order valence-electron chi connectivity index (χ1n) is 6.37. The SMILES string of the molecule is O=C(OCc1ccccc1)N1CCC(CO)(C(=O)O)C1. The van der Waals surface area contributed by atoms with Crippen LogP contribution < -0.4 is 0 Å². The number of carboxylic acids is 1. The molecule has 0 radical (unpaired) electrons. The van der Waals surface area contributed by atoms with Crippen LogP contribution in [0.5, 0.6) is 0 Å². The van der Waals surface area contributed by atoms with Gasteiger partial charge in [0, 0.05) is 13.1 Å². The Hall–Kier alpha value is -2.08. The predicted octanol–water partition coefficient (Wildman–Crippen LogP) is 1.09. The fraction of sp³-hybridized carbons (Fsp3) is 0.429. The van der Waals surface area contributed by atoms with Crippen molar-refractivity contribution in [3.8, 4) is 0 Å². The van der Waals surface area contributed by atoms with Gasteiger partial charge >= 0.3 is 12.1 Å². The lowest BCUT2D eigenvalue weighted by Crippen LogP contribution is -2.39. The summed E-state index contributed by atoms with van der Waals surface area (Å²) in [6, 6.07) is 9.24. The molecule has 1 unspecified atom stereocenters. The molecule has 0 saturated carbocycles. The van der Waals surface area contributed by atoms with E-state index in [1.807, 2.05) is 30.3 Å². The van der Waals surface area contributed by atoms with Crippen LogP contribution in [0.15, 0.2) is 30.3 Å². The summed E-state index contributed by atoms with van der Waals surface area (Å²) in [5, 5.41) is 18.4. The fourth-order valence-electron chi connectivity index (χ4n) is 2.21. The lowest BCUT2D eigenvalue weighted by atomic mass is 9.88. The minimum atomic E-state index is -1.26.